The molecule has 0 aliphatic rings. The molecular formula is C21H24N4OS. The number of amides is 1. The normalized spacial score (nSPS) is 10.8. The van der Waals surface area contributed by atoms with Crippen molar-refractivity contribution in [2.24, 2.45) is 0 Å². The molecule has 0 radical (unpaired) electrons. The van der Waals surface area contributed by atoms with Gasteiger partial charge in [0.1, 0.15) is 6.33 Å². The summed E-state index contributed by atoms with van der Waals surface area (Å²) >= 11 is 1.40. The summed E-state index contributed by atoms with van der Waals surface area (Å²) in [5.74, 6) is 0.321. The highest BCUT2D eigenvalue weighted by Gasteiger charge is 2.12. The van der Waals surface area contributed by atoms with Crippen LogP contribution in [0.2, 0.25) is 0 Å². The molecule has 0 saturated carbocycles. The minimum atomic E-state index is 0.00379. The van der Waals surface area contributed by atoms with E-state index in [4.69, 9.17) is 0 Å². The van der Waals surface area contributed by atoms with Crippen LogP contribution in [0.1, 0.15) is 22.3 Å². The maximum Gasteiger partial charge on any atom is 0.230 e. The largest absolute Gasteiger partial charge is 0.355 e. The number of nitrogens with zero attached hydrogens (tertiary/aromatic N) is 3. The Kier molecular flexibility index (Phi) is 6.29. The van der Waals surface area contributed by atoms with Crippen LogP contribution < -0.4 is 5.32 Å². The predicted octanol–water partition coefficient (Wildman–Crippen LogP) is 3.64. The molecule has 0 aliphatic carbocycles. The molecule has 3 rings (SSSR count). The average Bonchev–Trinajstić information content (AvgIpc) is 3.12. The van der Waals surface area contributed by atoms with E-state index >= 15 is 0 Å². The third kappa shape index (κ3) is 4.98. The number of hydrogen-bond acceptors (Lipinski definition) is 4. The first-order chi connectivity index (χ1) is 13.0. The van der Waals surface area contributed by atoms with Gasteiger partial charge in [-0.1, -0.05) is 48.2 Å². The van der Waals surface area contributed by atoms with Gasteiger partial charge in [-0.05, 0) is 55.5 Å². The molecule has 0 fully saturated rings. The molecule has 3 aromatic rings. The summed E-state index contributed by atoms with van der Waals surface area (Å²) in [4.78, 5) is 12.2. The number of rotatable bonds is 7. The molecule has 1 amide bonds. The fraction of sp³-hybridized carbons (Fsp3) is 0.286. The van der Waals surface area contributed by atoms with Crippen LogP contribution in [0.3, 0.4) is 0 Å². The van der Waals surface area contributed by atoms with Crippen molar-refractivity contribution >= 4 is 17.7 Å². The standard InChI is InChI=1S/C21H24N4OS/c1-15-8-9-17(3)19(12-15)25-14-23-24-21(25)27-13-20(26)22-11-10-18-7-5-4-6-16(18)2/h4-9,12,14H,10-11,13H2,1-3H3,(H,22,26). The lowest BCUT2D eigenvalue weighted by molar-refractivity contribution is -0.118. The van der Waals surface area contributed by atoms with E-state index in [2.05, 4.69) is 66.6 Å². The molecule has 0 spiro atoms. The number of hydrogen-bond donors (Lipinski definition) is 1. The Morgan fingerprint density at radius 3 is 2.74 bits per heavy atom. The minimum absolute atomic E-state index is 0.00379. The first-order valence-corrected chi connectivity index (χ1v) is 9.95. The molecule has 2 aromatic carbocycles. The van der Waals surface area contributed by atoms with E-state index in [0.29, 0.717) is 12.3 Å². The first-order valence-electron chi connectivity index (χ1n) is 8.96. The van der Waals surface area contributed by atoms with Gasteiger partial charge in [0.2, 0.25) is 5.91 Å². The number of aryl methyl sites for hydroxylation is 3. The lowest BCUT2D eigenvalue weighted by atomic mass is 10.1. The lowest BCUT2D eigenvalue weighted by Gasteiger charge is -2.10. The molecule has 140 valence electrons. The Balaban J connectivity index is 1.55. The molecule has 0 atom stereocenters. The maximum absolute atomic E-state index is 12.2. The quantitative estimate of drug-likeness (QED) is 0.636. The molecule has 6 heteroatoms. The van der Waals surface area contributed by atoms with Gasteiger partial charge in [-0.25, -0.2) is 0 Å². The van der Waals surface area contributed by atoms with Gasteiger partial charge in [0.15, 0.2) is 5.16 Å². The van der Waals surface area contributed by atoms with E-state index in [0.717, 1.165) is 22.8 Å². The molecule has 0 aliphatic heterocycles. The molecule has 1 N–H and O–H groups in total. The van der Waals surface area contributed by atoms with E-state index in [1.807, 2.05) is 16.7 Å². The van der Waals surface area contributed by atoms with Gasteiger partial charge < -0.3 is 5.32 Å². The SMILES string of the molecule is Cc1ccc(C)c(-n2cnnc2SCC(=O)NCCc2ccccc2C)c1. The molecule has 0 bridgehead atoms. The second-order valence-electron chi connectivity index (χ2n) is 6.59. The Labute approximate surface area is 164 Å². The van der Waals surface area contributed by atoms with Gasteiger partial charge in [0.25, 0.3) is 0 Å². The fourth-order valence-electron chi connectivity index (χ4n) is 2.88. The van der Waals surface area contributed by atoms with Crippen LogP contribution >= 0.6 is 11.8 Å². The number of carbonyl (C=O) groups excluding carboxylic acids is 1. The van der Waals surface area contributed by atoms with Crippen LogP contribution in [0, 0.1) is 20.8 Å². The van der Waals surface area contributed by atoms with Crippen LogP contribution in [0.4, 0.5) is 0 Å². The molecule has 0 saturated heterocycles. The molecule has 5 nitrogen and oxygen atoms in total. The first kappa shape index (κ1) is 19.2. The third-order valence-electron chi connectivity index (χ3n) is 4.45. The third-order valence-corrected chi connectivity index (χ3v) is 5.39. The summed E-state index contributed by atoms with van der Waals surface area (Å²) in [6, 6.07) is 14.5. The van der Waals surface area contributed by atoms with Crippen molar-refractivity contribution in [3.63, 3.8) is 0 Å². The number of aromatic nitrogens is 3. The van der Waals surface area contributed by atoms with E-state index in [9.17, 15) is 4.79 Å². The van der Waals surface area contributed by atoms with E-state index < -0.39 is 0 Å². The van der Waals surface area contributed by atoms with Crippen molar-refractivity contribution in [3.8, 4) is 5.69 Å². The predicted molar refractivity (Wildman–Crippen MR) is 109 cm³/mol. The zero-order chi connectivity index (χ0) is 19.2. The van der Waals surface area contributed by atoms with Crippen molar-refractivity contribution in [1.82, 2.24) is 20.1 Å². The van der Waals surface area contributed by atoms with Crippen molar-refractivity contribution in [3.05, 3.63) is 71.0 Å². The topological polar surface area (TPSA) is 59.8 Å². The van der Waals surface area contributed by atoms with Gasteiger partial charge >= 0.3 is 0 Å². The van der Waals surface area contributed by atoms with Crippen molar-refractivity contribution in [2.45, 2.75) is 32.3 Å². The Bertz CT molecular complexity index is 935. The zero-order valence-corrected chi connectivity index (χ0v) is 16.7. The Morgan fingerprint density at radius 1 is 1.11 bits per heavy atom. The summed E-state index contributed by atoms with van der Waals surface area (Å²) in [5.41, 5.74) is 5.88. The highest BCUT2D eigenvalue weighted by Crippen LogP contribution is 2.22. The summed E-state index contributed by atoms with van der Waals surface area (Å²) < 4.78 is 1.94. The van der Waals surface area contributed by atoms with Crippen LogP contribution in [-0.4, -0.2) is 33.0 Å². The highest BCUT2D eigenvalue weighted by atomic mass is 32.2. The fourth-order valence-corrected chi connectivity index (χ4v) is 3.63. The molecule has 0 unspecified atom stereocenters. The molecule has 27 heavy (non-hydrogen) atoms. The van der Waals surface area contributed by atoms with E-state index in [1.54, 1.807) is 6.33 Å². The zero-order valence-electron chi connectivity index (χ0n) is 15.9. The van der Waals surface area contributed by atoms with Gasteiger partial charge in [0, 0.05) is 6.54 Å². The van der Waals surface area contributed by atoms with Crippen LogP contribution in [0.15, 0.2) is 53.9 Å². The summed E-state index contributed by atoms with van der Waals surface area (Å²) in [5, 5.41) is 11.9. The monoisotopic (exact) mass is 380 g/mol. The number of nitrogens with one attached hydrogen (secondary N) is 1. The van der Waals surface area contributed by atoms with Crippen LogP contribution in [0.5, 0.6) is 0 Å². The number of carbonyl (C=O) groups is 1. The molecule has 1 aromatic heterocycles. The van der Waals surface area contributed by atoms with Crippen LogP contribution in [0.25, 0.3) is 5.69 Å². The summed E-state index contributed by atoms with van der Waals surface area (Å²) in [6.07, 6.45) is 2.53. The maximum atomic E-state index is 12.2. The summed E-state index contributed by atoms with van der Waals surface area (Å²) in [6.45, 7) is 6.84. The second kappa shape index (κ2) is 8.86. The lowest BCUT2D eigenvalue weighted by Crippen LogP contribution is -2.27. The van der Waals surface area contributed by atoms with Crippen molar-refractivity contribution < 1.29 is 4.79 Å². The van der Waals surface area contributed by atoms with E-state index in [-0.39, 0.29) is 5.91 Å². The van der Waals surface area contributed by atoms with Gasteiger partial charge in [-0.2, -0.15) is 0 Å². The number of benzene rings is 2. The minimum Gasteiger partial charge on any atom is -0.355 e. The average molecular weight is 381 g/mol. The Morgan fingerprint density at radius 2 is 1.93 bits per heavy atom. The van der Waals surface area contributed by atoms with Crippen molar-refractivity contribution in [2.75, 3.05) is 12.3 Å². The van der Waals surface area contributed by atoms with Crippen molar-refractivity contribution in [1.29, 1.82) is 0 Å². The summed E-state index contributed by atoms with van der Waals surface area (Å²) in [7, 11) is 0. The van der Waals surface area contributed by atoms with Gasteiger partial charge in [-0.3, -0.25) is 9.36 Å². The number of thioether (sulfide) groups is 1. The van der Waals surface area contributed by atoms with Gasteiger partial charge in [0.05, 0.1) is 11.4 Å². The molecule has 1 heterocycles. The van der Waals surface area contributed by atoms with Gasteiger partial charge in [-0.15, -0.1) is 10.2 Å². The molecular weight excluding hydrogens is 356 g/mol. The smallest absolute Gasteiger partial charge is 0.230 e. The highest BCUT2D eigenvalue weighted by molar-refractivity contribution is 7.99. The van der Waals surface area contributed by atoms with E-state index in [1.165, 1.54) is 28.5 Å². The second-order valence-corrected chi connectivity index (χ2v) is 7.53. The Hall–Kier alpha value is -2.60. The van der Waals surface area contributed by atoms with Crippen LogP contribution in [-0.2, 0) is 11.2 Å².